The molecule has 0 saturated heterocycles. The lowest BCUT2D eigenvalue weighted by molar-refractivity contribution is -0.0520. The molecule has 0 aliphatic carbocycles. The number of nitrogens with zero attached hydrogens (tertiary/aromatic N) is 1. The summed E-state index contributed by atoms with van der Waals surface area (Å²) >= 11 is 0. The second-order valence-electron chi connectivity index (χ2n) is 6.65. The normalized spacial score (nSPS) is 11.5. The van der Waals surface area contributed by atoms with Crippen LogP contribution in [0.2, 0.25) is 0 Å². The number of aliphatic imine (C=N–C) groups is 1. The number of hydrogen-bond acceptors (Lipinski definition) is 4. The molecule has 2 N–H and O–H groups in total. The molecule has 0 aromatic heterocycles. The lowest BCUT2D eigenvalue weighted by Gasteiger charge is -2.17. The number of halogens is 2. The van der Waals surface area contributed by atoms with E-state index in [4.69, 9.17) is 14.2 Å². The molecule has 2 rings (SSSR count). The van der Waals surface area contributed by atoms with Crippen molar-refractivity contribution in [2.75, 3.05) is 26.8 Å². The average Bonchev–Trinajstić information content (AvgIpc) is 2.77. The Labute approximate surface area is 182 Å². The molecular formula is C23H31F2N3O3. The molecule has 0 fully saturated rings. The molecule has 31 heavy (non-hydrogen) atoms. The maximum absolute atomic E-state index is 12.8. The highest BCUT2D eigenvalue weighted by Gasteiger charge is 2.15. The van der Waals surface area contributed by atoms with Crippen molar-refractivity contribution in [1.29, 1.82) is 0 Å². The van der Waals surface area contributed by atoms with Gasteiger partial charge >= 0.3 is 6.61 Å². The lowest BCUT2D eigenvalue weighted by Crippen LogP contribution is -2.37. The van der Waals surface area contributed by atoms with Crippen molar-refractivity contribution in [3.63, 3.8) is 0 Å². The Balaban J connectivity index is 1.72. The zero-order chi connectivity index (χ0) is 22.3. The minimum Gasteiger partial charge on any atom is -0.490 e. The Morgan fingerprint density at radius 1 is 1.03 bits per heavy atom. The Morgan fingerprint density at radius 3 is 2.55 bits per heavy atom. The van der Waals surface area contributed by atoms with Crippen LogP contribution in [0.1, 0.15) is 30.9 Å². The van der Waals surface area contributed by atoms with Crippen LogP contribution in [0, 0.1) is 0 Å². The fourth-order valence-corrected chi connectivity index (χ4v) is 2.89. The van der Waals surface area contributed by atoms with Gasteiger partial charge in [0.1, 0.15) is 0 Å². The quantitative estimate of drug-likeness (QED) is 0.278. The molecule has 2 aromatic rings. The smallest absolute Gasteiger partial charge is 0.387 e. The number of benzene rings is 2. The summed E-state index contributed by atoms with van der Waals surface area (Å²) in [6, 6.07) is 15.1. The molecule has 0 radical (unpaired) electrons. The summed E-state index contributed by atoms with van der Waals surface area (Å²) in [6.45, 7) is 1.49. The molecule has 0 spiro atoms. The Morgan fingerprint density at radius 2 is 1.84 bits per heavy atom. The van der Waals surface area contributed by atoms with Gasteiger partial charge in [-0.25, -0.2) is 0 Å². The van der Waals surface area contributed by atoms with Gasteiger partial charge in [0.25, 0.3) is 0 Å². The van der Waals surface area contributed by atoms with E-state index in [1.54, 1.807) is 32.2 Å². The average molecular weight is 436 g/mol. The fraction of sp³-hybridized carbons (Fsp3) is 0.435. The number of alkyl halides is 2. The van der Waals surface area contributed by atoms with Gasteiger partial charge in [-0.15, -0.1) is 0 Å². The minimum atomic E-state index is -2.93. The van der Waals surface area contributed by atoms with Crippen LogP contribution in [0.15, 0.2) is 53.5 Å². The zero-order valence-corrected chi connectivity index (χ0v) is 18.1. The Kier molecular flexibility index (Phi) is 11.2. The maximum atomic E-state index is 12.8. The number of nitrogens with one attached hydrogen (secondary N) is 2. The maximum Gasteiger partial charge on any atom is 0.387 e. The van der Waals surface area contributed by atoms with Gasteiger partial charge in [0.15, 0.2) is 17.5 Å². The van der Waals surface area contributed by atoms with Crippen LogP contribution in [-0.4, -0.2) is 39.4 Å². The molecule has 0 aliphatic rings. The van der Waals surface area contributed by atoms with E-state index in [0.29, 0.717) is 43.6 Å². The van der Waals surface area contributed by atoms with E-state index in [0.717, 1.165) is 18.4 Å². The third-order valence-electron chi connectivity index (χ3n) is 4.36. The number of unbranched alkanes of at least 4 members (excludes halogenated alkanes) is 1. The van der Waals surface area contributed by atoms with Crippen molar-refractivity contribution in [3.05, 3.63) is 59.7 Å². The first-order chi connectivity index (χ1) is 15.1. The Bertz CT molecular complexity index is 789. The third kappa shape index (κ3) is 9.21. The van der Waals surface area contributed by atoms with Gasteiger partial charge < -0.3 is 24.8 Å². The van der Waals surface area contributed by atoms with Gasteiger partial charge in [-0.1, -0.05) is 42.5 Å². The molecule has 170 valence electrons. The van der Waals surface area contributed by atoms with Crippen LogP contribution in [0.3, 0.4) is 0 Å². The summed E-state index contributed by atoms with van der Waals surface area (Å²) < 4.78 is 41.4. The van der Waals surface area contributed by atoms with Crippen molar-refractivity contribution in [2.24, 2.45) is 4.99 Å². The van der Waals surface area contributed by atoms with Crippen molar-refractivity contribution in [2.45, 2.75) is 39.5 Å². The highest BCUT2D eigenvalue weighted by atomic mass is 19.3. The van der Waals surface area contributed by atoms with Crippen LogP contribution in [-0.2, 0) is 17.9 Å². The fourth-order valence-electron chi connectivity index (χ4n) is 2.89. The van der Waals surface area contributed by atoms with Crippen molar-refractivity contribution in [1.82, 2.24) is 10.6 Å². The van der Waals surface area contributed by atoms with Gasteiger partial charge in [-0.2, -0.15) is 8.78 Å². The molecule has 0 unspecified atom stereocenters. The van der Waals surface area contributed by atoms with Gasteiger partial charge in [0.2, 0.25) is 0 Å². The molecule has 2 aromatic carbocycles. The number of rotatable bonds is 13. The van der Waals surface area contributed by atoms with Crippen LogP contribution in [0.4, 0.5) is 8.78 Å². The van der Waals surface area contributed by atoms with Crippen molar-refractivity contribution in [3.8, 4) is 11.5 Å². The monoisotopic (exact) mass is 435 g/mol. The van der Waals surface area contributed by atoms with E-state index in [9.17, 15) is 8.78 Å². The molecule has 6 nitrogen and oxygen atoms in total. The first-order valence-electron chi connectivity index (χ1n) is 10.4. The van der Waals surface area contributed by atoms with Crippen LogP contribution in [0.5, 0.6) is 11.5 Å². The first kappa shape index (κ1) is 24.4. The molecule has 0 atom stereocenters. The van der Waals surface area contributed by atoms with Gasteiger partial charge in [0, 0.05) is 32.3 Å². The van der Waals surface area contributed by atoms with E-state index in [1.807, 2.05) is 30.3 Å². The summed E-state index contributed by atoms with van der Waals surface area (Å²) in [7, 11) is 1.66. The standard InChI is InChI=1S/C23H31F2N3O3/c1-3-30-20-13-9-12-19(21(20)31-22(24)25)16-28-23(26-2)27-14-7-8-15-29-17-18-10-5-4-6-11-18/h4-6,9-13,22H,3,7-8,14-17H2,1-2H3,(H2,26,27,28). The third-order valence-corrected chi connectivity index (χ3v) is 4.36. The predicted molar refractivity (Wildman–Crippen MR) is 118 cm³/mol. The summed E-state index contributed by atoms with van der Waals surface area (Å²) in [6.07, 6.45) is 1.83. The van der Waals surface area contributed by atoms with Gasteiger partial charge in [0.05, 0.1) is 13.2 Å². The summed E-state index contributed by atoms with van der Waals surface area (Å²) in [5.74, 6) is 0.911. The van der Waals surface area contributed by atoms with Crippen molar-refractivity contribution < 1.29 is 23.0 Å². The molecule has 0 saturated carbocycles. The molecule has 0 heterocycles. The lowest BCUT2D eigenvalue weighted by atomic mass is 10.2. The first-order valence-corrected chi connectivity index (χ1v) is 10.4. The second kappa shape index (κ2) is 14.2. The number of hydrogen-bond donors (Lipinski definition) is 2. The van der Waals surface area contributed by atoms with Gasteiger partial charge in [-0.3, -0.25) is 4.99 Å². The van der Waals surface area contributed by atoms with Crippen LogP contribution in [0.25, 0.3) is 0 Å². The molecule has 0 bridgehead atoms. The minimum absolute atomic E-state index is 0.0397. The summed E-state index contributed by atoms with van der Waals surface area (Å²) in [4.78, 5) is 4.17. The van der Waals surface area contributed by atoms with E-state index < -0.39 is 6.61 Å². The topological polar surface area (TPSA) is 64.1 Å². The van der Waals surface area contributed by atoms with E-state index in [2.05, 4.69) is 15.6 Å². The largest absolute Gasteiger partial charge is 0.490 e. The van der Waals surface area contributed by atoms with Gasteiger partial charge in [-0.05, 0) is 31.4 Å². The zero-order valence-electron chi connectivity index (χ0n) is 18.1. The van der Waals surface area contributed by atoms with E-state index in [1.165, 1.54) is 0 Å². The number of para-hydroxylation sites is 1. The number of ether oxygens (including phenoxy) is 3. The van der Waals surface area contributed by atoms with Crippen molar-refractivity contribution >= 4 is 5.96 Å². The molecule has 8 heteroatoms. The highest BCUT2D eigenvalue weighted by Crippen LogP contribution is 2.32. The number of guanidine groups is 1. The summed E-state index contributed by atoms with van der Waals surface area (Å²) in [5, 5.41) is 6.33. The molecule has 0 amide bonds. The Hall–Kier alpha value is -2.87. The molecular weight excluding hydrogens is 404 g/mol. The molecule has 0 aliphatic heterocycles. The summed E-state index contributed by atoms with van der Waals surface area (Å²) in [5.41, 5.74) is 1.72. The predicted octanol–water partition coefficient (Wildman–Crippen LogP) is 4.35. The second-order valence-corrected chi connectivity index (χ2v) is 6.65. The van der Waals surface area contributed by atoms with E-state index >= 15 is 0 Å². The highest BCUT2D eigenvalue weighted by molar-refractivity contribution is 5.79. The van der Waals surface area contributed by atoms with Crippen LogP contribution < -0.4 is 20.1 Å². The SMILES string of the molecule is CCOc1cccc(CNC(=NC)NCCCCOCc2ccccc2)c1OC(F)F. The van der Waals surface area contributed by atoms with E-state index in [-0.39, 0.29) is 12.3 Å². The van der Waals surface area contributed by atoms with Crippen LogP contribution >= 0.6 is 0 Å².